The lowest BCUT2D eigenvalue weighted by Gasteiger charge is -2.10. The van der Waals surface area contributed by atoms with Gasteiger partial charge in [-0.3, -0.25) is 10.1 Å². The van der Waals surface area contributed by atoms with Gasteiger partial charge in [-0.2, -0.15) is 0 Å². The van der Waals surface area contributed by atoms with Crippen LogP contribution in [0.4, 0.5) is 5.13 Å². The first kappa shape index (κ1) is 16.0. The number of nitrogens with zero attached hydrogens (tertiary/aromatic N) is 3. The van der Waals surface area contributed by atoms with Crippen LogP contribution in [-0.4, -0.2) is 20.7 Å². The van der Waals surface area contributed by atoms with Gasteiger partial charge in [0.1, 0.15) is 5.01 Å². The van der Waals surface area contributed by atoms with Gasteiger partial charge in [-0.25, -0.2) is 0 Å². The van der Waals surface area contributed by atoms with E-state index < -0.39 is 0 Å². The van der Waals surface area contributed by atoms with E-state index in [2.05, 4.69) is 45.2 Å². The molecule has 4 rings (SSSR count). The molecule has 1 saturated carbocycles. The number of rotatable bonds is 4. The summed E-state index contributed by atoms with van der Waals surface area (Å²) in [6.07, 6.45) is 2.36. The minimum absolute atomic E-state index is 0.134. The van der Waals surface area contributed by atoms with Gasteiger partial charge in [-0.15, -0.1) is 10.2 Å². The van der Waals surface area contributed by atoms with Gasteiger partial charge in [0.2, 0.25) is 5.13 Å². The van der Waals surface area contributed by atoms with Crippen LogP contribution in [0.5, 0.6) is 0 Å². The van der Waals surface area contributed by atoms with Gasteiger partial charge in [0.15, 0.2) is 0 Å². The van der Waals surface area contributed by atoms with Crippen molar-refractivity contribution in [2.45, 2.75) is 39.5 Å². The topological polar surface area (TPSA) is 59.8 Å². The molecule has 25 heavy (non-hydrogen) atoms. The van der Waals surface area contributed by atoms with Crippen LogP contribution in [0.25, 0.3) is 5.69 Å². The van der Waals surface area contributed by atoms with Crippen LogP contribution >= 0.6 is 11.3 Å². The Labute approximate surface area is 150 Å². The van der Waals surface area contributed by atoms with Crippen molar-refractivity contribution < 1.29 is 4.79 Å². The van der Waals surface area contributed by atoms with Crippen molar-refractivity contribution in [2.24, 2.45) is 0 Å². The number of hydrogen-bond donors (Lipinski definition) is 1. The van der Waals surface area contributed by atoms with E-state index in [9.17, 15) is 4.79 Å². The van der Waals surface area contributed by atoms with Crippen LogP contribution < -0.4 is 5.32 Å². The highest BCUT2D eigenvalue weighted by atomic mass is 32.1. The lowest BCUT2D eigenvalue weighted by molar-refractivity contribution is 0.102. The van der Waals surface area contributed by atoms with Crippen molar-refractivity contribution in [1.29, 1.82) is 0 Å². The molecule has 1 amide bonds. The van der Waals surface area contributed by atoms with E-state index in [0.717, 1.165) is 22.1 Å². The summed E-state index contributed by atoms with van der Waals surface area (Å²) in [7, 11) is 0. The zero-order valence-electron chi connectivity index (χ0n) is 14.5. The number of benzene rings is 1. The molecule has 0 bridgehead atoms. The molecule has 0 spiro atoms. The standard InChI is InChI=1S/C19H20N4OS/c1-11-5-4-6-15(9-11)23-12(2)10-16(13(23)3)17(24)20-19-22-21-18(25-19)14-7-8-14/h4-6,9-10,14H,7-8H2,1-3H3,(H,20,22,24). The second kappa shape index (κ2) is 6.11. The second-order valence-electron chi connectivity index (χ2n) is 6.63. The Morgan fingerprint density at radius 2 is 2.00 bits per heavy atom. The molecule has 0 unspecified atom stereocenters. The summed E-state index contributed by atoms with van der Waals surface area (Å²) in [4.78, 5) is 12.7. The number of aromatic nitrogens is 3. The number of carbonyl (C=O) groups excluding carboxylic acids is 1. The van der Waals surface area contributed by atoms with Crippen LogP contribution in [0.15, 0.2) is 30.3 Å². The summed E-state index contributed by atoms with van der Waals surface area (Å²) < 4.78 is 2.11. The highest BCUT2D eigenvalue weighted by Gasteiger charge is 2.28. The van der Waals surface area contributed by atoms with E-state index >= 15 is 0 Å². The normalized spacial score (nSPS) is 13.9. The molecule has 0 saturated heterocycles. The van der Waals surface area contributed by atoms with Crippen LogP contribution in [0, 0.1) is 20.8 Å². The van der Waals surface area contributed by atoms with Gasteiger partial charge in [0.05, 0.1) is 5.56 Å². The first-order valence-electron chi connectivity index (χ1n) is 8.43. The maximum absolute atomic E-state index is 12.7. The molecule has 128 valence electrons. The van der Waals surface area contributed by atoms with Gasteiger partial charge in [0.25, 0.3) is 5.91 Å². The zero-order chi connectivity index (χ0) is 17.6. The van der Waals surface area contributed by atoms with E-state index in [1.165, 1.54) is 29.7 Å². The number of hydrogen-bond acceptors (Lipinski definition) is 4. The molecule has 0 aliphatic heterocycles. The molecule has 3 aromatic rings. The minimum atomic E-state index is -0.134. The minimum Gasteiger partial charge on any atom is -0.318 e. The van der Waals surface area contributed by atoms with E-state index in [0.29, 0.717) is 16.6 Å². The van der Waals surface area contributed by atoms with E-state index in [1.807, 2.05) is 26.0 Å². The third-order valence-electron chi connectivity index (χ3n) is 4.52. The molecule has 2 aromatic heterocycles. The first-order valence-corrected chi connectivity index (χ1v) is 9.25. The number of aryl methyl sites for hydroxylation is 2. The molecular formula is C19H20N4OS. The summed E-state index contributed by atoms with van der Waals surface area (Å²) >= 11 is 1.48. The summed E-state index contributed by atoms with van der Waals surface area (Å²) in [5, 5.41) is 12.8. The Morgan fingerprint density at radius 3 is 2.72 bits per heavy atom. The molecule has 1 N–H and O–H groups in total. The van der Waals surface area contributed by atoms with Crippen molar-refractivity contribution in [2.75, 3.05) is 5.32 Å². The summed E-state index contributed by atoms with van der Waals surface area (Å²) in [6.45, 7) is 6.06. The number of carbonyl (C=O) groups is 1. The van der Waals surface area contributed by atoms with E-state index in [-0.39, 0.29) is 5.91 Å². The van der Waals surface area contributed by atoms with Gasteiger partial charge in [-0.05, 0) is 57.4 Å². The average Bonchev–Trinajstić information content (AvgIpc) is 3.24. The van der Waals surface area contributed by atoms with Gasteiger partial charge < -0.3 is 4.57 Å². The maximum atomic E-state index is 12.7. The lowest BCUT2D eigenvalue weighted by atomic mass is 10.2. The van der Waals surface area contributed by atoms with Crippen molar-refractivity contribution >= 4 is 22.4 Å². The highest BCUT2D eigenvalue weighted by molar-refractivity contribution is 7.15. The molecule has 0 radical (unpaired) electrons. The van der Waals surface area contributed by atoms with Crippen molar-refractivity contribution in [3.8, 4) is 5.69 Å². The van der Waals surface area contributed by atoms with Crippen LogP contribution in [0.2, 0.25) is 0 Å². The van der Waals surface area contributed by atoms with Crippen LogP contribution in [0.3, 0.4) is 0 Å². The summed E-state index contributed by atoms with van der Waals surface area (Å²) in [5.74, 6) is 0.417. The molecule has 5 nitrogen and oxygen atoms in total. The largest absolute Gasteiger partial charge is 0.318 e. The van der Waals surface area contributed by atoms with E-state index in [4.69, 9.17) is 0 Å². The molecule has 1 aromatic carbocycles. The second-order valence-corrected chi connectivity index (χ2v) is 7.64. The Balaban J connectivity index is 1.61. The fourth-order valence-corrected chi connectivity index (χ4v) is 4.01. The molecule has 1 fully saturated rings. The molecule has 1 aliphatic carbocycles. The van der Waals surface area contributed by atoms with Gasteiger partial charge in [0, 0.05) is 23.0 Å². The van der Waals surface area contributed by atoms with Crippen molar-refractivity contribution in [1.82, 2.24) is 14.8 Å². The predicted molar refractivity (Wildman–Crippen MR) is 99.8 cm³/mol. The molecular weight excluding hydrogens is 332 g/mol. The number of amides is 1. The monoisotopic (exact) mass is 352 g/mol. The van der Waals surface area contributed by atoms with Crippen molar-refractivity contribution in [3.63, 3.8) is 0 Å². The van der Waals surface area contributed by atoms with Crippen LogP contribution in [0.1, 0.15) is 51.1 Å². The maximum Gasteiger partial charge on any atom is 0.259 e. The first-order chi connectivity index (χ1) is 12.0. The van der Waals surface area contributed by atoms with E-state index in [1.54, 1.807) is 0 Å². The third kappa shape index (κ3) is 3.09. The van der Waals surface area contributed by atoms with Gasteiger partial charge in [-0.1, -0.05) is 23.5 Å². The zero-order valence-corrected chi connectivity index (χ0v) is 15.4. The number of nitrogens with one attached hydrogen (secondary N) is 1. The fraction of sp³-hybridized carbons (Fsp3) is 0.316. The molecule has 0 atom stereocenters. The Hall–Kier alpha value is -2.47. The van der Waals surface area contributed by atoms with Crippen molar-refractivity contribution in [3.05, 3.63) is 57.9 Å². The summed E-state index contributed by atoms with van der Waals surface area (Å²) in [5.41, 5.74) is 4.89. The fourth-order valence-electron chi connectivity index (χ4n) is 3.10. The Morgan fingerprint density at radius 1 is 1.20 bits per heavy atom. The smallest absolute Gasteiger partial charge is 0.259 e. The molecule has 1 aliphatic rings. The molecule has 6 heteroatoms. The predicted octanol–water partition coefficient (Wildman–Crippen LogP) is 4.38. The summed E-state index contributed by atoms with van der Waals surface area (Å²) in [6, 6.07) is 10.2. The third-order valence-corrected chi connectivity index (χ3v) is 5.52. The quantitative estimate of drug-likeness (QED) is 0.758. The highest BCUT2D eigenvalue weighted by Crippen LogP contribution is 2.42. The number of anilines is 1. The SMILES string of the molecule is Cc1cccc(-n2c(C)cc(C(=O)Nc3nnc(C4CC4)s3)c2C)c1. The average molecular weight is 352 g/mol. The Bertz CT molecular complexity index is 952. The van der Waals surface area contributed by atoms with Crippen LogP contribution in [-0.2, 0) is 0 Å². The lowest BCUT2D eigenvalue weighted by Crippen LogP contribution is -2.13. The molecule has 2 heterocycles. The Kier molecular flexibility index (Phi) is 3.92. The van der Waals surface area contributed by atoms with Gasteiger partial charge >= 0.3 is 0 Å².